The largest absolute Gasteiger partial charge is 0.289 e. The lowest BCUT2D eigenvalue weighted by atomic mass is 10.1. The Bertz CT molecular complexity index is 427. The van der Waals surface area contributed by atoms with Crippen molar-refractivity contribution in [2.75, 3.05) is 0 Å². The van der Waals surface area contributed by atoms with E-state index < -0.39 is 0 Å². The van der Waals surface area contributed by atoms with Crippen LogP contribution in [0.15, 0.2) is 65.6 Å². The van der Waals surface area contributed by atoms with Crippen molar-refractivity contribution >= 4 is 18.4 Å². The first-order chi connectivity index (χ1) is 7.74. The number of allylic oxidation sites excluding steroid dienone is 5. The summed E-state index contributed by atoms with van der Waals surface area (Å²) >= 11 is 4.21. The molecule has 1 nitrogen and oxygen atoms in total. The first-order valence-electron chi connectivity index (χ1n) is 5.03. The van der Waals surface area contributed by atoms with E-state index in [1.165, 1.54) is 6.08 Å². The summed E-state index contributed by atoms with van der Waals surface area (Å²) in [6.45, 7) is 1.92. The van der Waals surface area contributed by atoms with Crippen molar-refractivity contribution in [3.8, 4) is 0 Å². The second-order valence-corrected chi connectivity index (χ2v) is 3.70. The van der Waals surface area contributed by atoms with Gasteiger partial charge in [0.2, 0.25) is 0 Å². The summed E-state index contributed by atoms with van der Waals surface area (Å²) in [5, 5.41) is 0. The molecular weight excluding hydrogens is 216 g/mol. The maximum Gasteiger partial charge on any atom is 0.185 e. The predicted molar refractivity (Wildman–Crippen MR) is 71.8 cm³/mol. The van der Waals surface area contributed by atoms with Crippen molar-refractivity contribution in [2.45, 2.75) is 6.92 Å². The van der Waals surface area contributed by atoms with Gasteiger partial charge in [-0.05, 0) is 19.1 Å². The fraction of sp³-hybridized carbons (Fsp3) is 0.0714. The van der Waals surface area contributed by atoms with Gasteiger partial charge in [0.25, 0.3) is 0 Å². The van der Waals surface area contributed by atoms with Gasteiger partial charge >= 0.3 is 0 Å². The Morgan fingerprint density at radius 1 is 1.19 bits per heavy atom. The molecule has 0 bridgehead atoms. The van der Waals surface area contributed by atoms with E-state index in [1.54, 1.807) is 24.3 Å². The fourth-order valence-corrected chi connectivity index (χ4v) is 1.39. The molecule has 0 aromatic heterocycles. The van der Waals surface area contributed by atoms with Gasteiger partial charge in [-0.3, -0.25) is 4.79 Å². The van der Waals surface area contributed by atoms with Crippen LogP contribution in [0, 0.1) is 0 Å². The van der Waals surface area contributed by atoms with Crippen LogP contribution in [-0.4, -0.2) is 5.78 Å². The van der Waals surface area contributed by atoms with E-state index in [1.807, 2.05) is 37.3 Å². The number of thiol groups is 1. The Morgan fingerprint density at radius 2 is 1.88 bits per heavy atom. The standard InChI is InChI=1S/C14H14OS/c1-2-7-13(16)10-6-11-14(15)12-8-4-3-5-9-12/h2-11,16H,1H3/b7-2-,11-6+,13-10+. The molecule has 0 spiro atoms. The third-order valence-corrected chi connectivity index (χ3v) is 2.21. The average molecular weight is 230 g/mol. The van der Waals surface area contributed by atoms with E-state index in [4.69, 9.17) is 0 Å². The normalized spacial score (nSPS) is 12.5. The molecule has 82 valence electrons. The van der Waals surface area contributed by atoms with Crippen molar-refractivity contribution in [2.24, 2.45) is 0 Å². The zero-order chi connectivity index (χ0) is 11.8. The Labute approximate surface area is 102 Å². The highest BCUT2D eigenvalue weighted by atomic mass is 32.1. The molecule has 0 aliphatic heterocycles. The Kier molecular flexibility index (Phi) is 5.37. The van der Waals surface area contributed by atoms with Crippen LogP contribution in [-0.2, 0) is 0 Å². The lowest BCUT2D eigenvalue weighted by Gasteiger charge is -1.92. The molecule has 2 heteroatoms. The van der Waals surface area contributed by atoms with E-state index in [0.717, 1.165) is 4.91 Å². The van der Waals surface area contributed by atoms with Crippen LogP contribution in [0.3, 0.4) is 0 Å². The third-order valence-electron chi connectivity index (χ3n) is 1.91. The minimum Gasteiger partial charge on any atom is -0.289 e. The summed E-state index contributed by atoms with van der Waals surface area (Å²) in [5.74, 6) is -0.00142. The minimum atomic E-state index is -0.00142. The summed E-state index contributed by atoms with van der Waals surface area (Å²) in [6.07, 6.45) is 8.78. The van der Waals surface area contributed by atoms with E-state index in [9.17, 15) is 4.79 Å². The quantitative estimate of drug-likeness (QED) is 0.360. The first-order valence-corrected chi connectivity index (χ1v) is 5.48. The molecule has 1 rings (SSSR count). The highest BCUT2D eigenvalue weighted by molar-refractivity contribution is 7.84. The molecule has 0 saturated carbocycles. The first kappa shape index (κ1) is 12.5. The molecule has 0 unspecified atom stereocenters. The maximum atomic E-state index is 11.6. The van der Waals surface area contributed by atoms with Gasteiger partial charge in [-0.2, -0.15) is 0 Å². The fourth-order valence-electron chi connectivity index (χ4n) is 1.16. The zero-order valence-electron chi connectivity index (χ0n) is 9.13. The second kappa shape index (κ2) is 6.85. The average Bonchev–Trinajstić information content (AvgIpc) is 2.30. The van der Waals surface area contributed by atoms with Gasteiger partial charge in [0.15, 0.2) is 5.78 Å². The summed E-state index contributed by atoms with van der Waals surface area (Å²) in [5.41, 5.74) is 0.693. The van der Waals surface area contributed by atoms with Crippen LogP contribution in [0.4, 0.5) is 0 Å². The van der Waals surface area contributed by atoms with Crippen LogP contribution >= 0.6 is 12.6 Å². The van der Waals surface area contributed by atoms with Crippen molar-refractivity contribution in [1.82, 2.24) is 0 Å². The molecule has 0 radical (unpaired) electrons. The van der Waals surface area contributed by atoms with Crippen LogP contribution in [0.1, 0.15) is 17.3 Å². The molecule has 0 aliphatic carbocycles. The van der Waals surface area contributed by atoms with Gasteiger partial charge in [-0.1, -0.05) is 48.6 Å². The molecule has 1 aromatic rings. The highest BCUT2D eigenvalue weighted by Gasteiger charge is 1.97. The summed E-state index contributed by atoms with van der Waals surface area (Å²) in [4.78, 5) is 12.4. The molecule has 1 aromatic carbocycles. The van der Waals surface area contributed by atoms with Gasteiger partial charge in [0, 0.05) is 10.5 Å². The number of carbonyl (C=O) groups is 1. The molecule has 0 amide bonds. The molecule has 0 heterocycles. The van der Waals surface area contributed by atoms with Crippen molar-refractivity contribution < 1.29 is 4.79 Å². The van der Waals surface area contributed by atoms with Gasteiger partial charge < -0.3 is 0 Å². The van der Waals surface area contributed by atoms with Crippen LogP contribution in [0.2, 0.25) is 0 Å². The number of benzene rings is 1. The minimum absolute atomic E-state index is 0.00142. The van der Waals surface area contributed by atoms with E-state index >= 15 is 0 Å². The number of rotatable bonds is 4. The van der Waals surface area contributed by atoms with Crippen LogP contribution in [0.25, 0.3) is 0 Å². The molecule has 0 atom stereocenters. The number of hydrogen-bond acceptors (Lipinski definition) is 2. The Morgan fingerprint density at radius 3 is 2.50 bits per heavy atom. The smallest absolute Gasteiger partial charge is 0.185 e. The third kappa shape index (κ3) is 4.32. The van der Waals surface area contributed by atoms with Crippen molar-refractivity contribution in [3.63, 3.8) is 0 Å². The van der Waals surface area contributed by atoms with E-state index in [0.29, 0.717) is 5.56 Å². The monoisotopic (exact) mass is 230 g/mol. The van der Waals surface area contributed by atoms with Crippen molar-refractivity contribution in [1.29, 1.82) is 0 Å². The summed E-state index contributed by atoms with van der Waals surface area (Å²) in [6, 6.07) is 9.17. The number of ketones is 1. The van der Waals surface area contributed by atoms with Gasteiger partial charge in [-0.25, -0.2) is 0 Å². The second-order valence-electron chi connectivity index (χ2n) is 3.18. The summed E-state index contributed by atoms with van der Waals surface area (Å²) < 4.78 is 0. The molecular formula is C14H14OS. The van der Waals surface area contributed by atoms with E-state index in [2.05, 4.69) is 12.6 Å². The topological polar surface area (TPSA) is 17.1 Å². The highest BCUT2D eigenvalue weighted by Crippen LogP contribution is 2.04. The molecule has 16 heavy (non-hydrogen) atoms. The lowest BCUT2D eigenvalue weighted by molar-refractivity contribution is 0.104. The SMILES string of the molecule is C\C=C/C(S)=C\C=C\C(=O)c1ccccc1. The molecule has 0 N–H and O–H groups in total. The summed E-state index contributed by atoms with van der Waals surface area (Å²) in [7, 11) is 0. The molecule has 0 fully saturated rings. The van der Waals surface area contributed by atoms with E-state index in [-0.39, 0.29) is 5.78 Å². The molecule has 0 saturated heterocycles. The molecule has 0 aliphatic rings. The van der Waals surface area contributed by atoms with Crippen molar-refractivity contribution in [3.05, 3.63) is 71.2 Å². The van der Waals surface area contributed by atoms with Gasteiger partial charge in [0.05, 0.1) is 0 Å². The van der Waals surface area contributed by atoms with Gasteiger partial charge in [-0.15, -0.1) is 12.6 Å². The van der Waals surface area contributed by atoms with Gasteiger partial charge in [0.1, 0.15) is 0 Å². The Hall–Kier alpha value is -1.54. The Balaban J connectivity index is 2.66. The predicted octanol–water partition coefficient (Wildman–Crippen LogP) is 3.82. The number of carbonyl (C=O) groups excluding carboxylic acids is 1. The van der Waals surface area contributed by atoms with Crippen LogP contribution in [0.5, 0.6) is 0 Å². The van der Waals surface area contributed by atoms with Crippen LogP contribution < -0.4 is 0 Å². The lowest BCUT2D eigenvalue weighted by Crippen LogP contribution is -1.92. The number of hydrogen-bond donors (Lipinski definition) is 1. The maximum absolute atomic E-state index is 11.6. The zero-order valence-corrected chi connectivity index (χ0v) is 10.0.